The number of anilines is 1. The largest absolute Gasteiger partial charge is 0.384 e. The lowest BCUT2D eigenvalue weighted by Gasteiger charge is -2.18. The predicted octanol–water partition coefficient (Wildman–Crippen LogP) is 2.21. The molecule has 148 valence electrons. The van der Waals surface area contributed by atoms with Crippen molar-refractivity contribution in [3.8, 4) is 11.3 Å². The zero-order chi connectivity index (χ0) is 20.4. The molecule has 4 heterocycles. The van der Waals surface area contributed by atoms with Gasteiger partial charge in [0.1, 0.15) is 5.84 Å². The van der Waals surface area contributed by atoms with Gasteiger partial charge in [0.15, 0.2) is 0 Å². The van der Waals surface area contributed by atoms with Crippen LogP contribution < -0.4 is 16.0 Å². The van der Waals surface area contributed by atoms with E-state index in [0.717, 1.165) is 34.6 Å². The number of morpholine rings is 1. The van der Waals surface area contributed by atoms with Gasteiger partial charge in [0.05, 0.1) is 36.4 Å². The lowest BCUT2D eigenvalue weighted by molar-refractivity contribution is -0.110. The smallest absolute Gasteiger partial charge is 0.258 e. The fourth-order valence-corrected chi connectivity index (χ4v) is 3.41. The van der Waals surface area contributed by atoms with E-state index in [1.165, 1.54) is 0 Å². The van der Waals surface area contributed by atoms with E-state index < -0.39 is 0 Å². The van der Waals surface area contributed by atoms with Crippen LogP contribution in [-0.4, -0.2) is 41.5 Å². The maximum atomic E-state index is 12.6. The summed E-state index contributed by atoms with van der Waals surface area (Å²) in [5.74, 6) is -0.0342. The topological polar surface area (TPSA) is 112 Å². The molecule has 0 atom stereocenters. The van der Waals surface area contributed by atoms with Crippen LogP contribution >= 0.6 is 0 Å². The van der Waals surface area contributed by atoms with Gasteiger partial charge in [-0.2, -0.15) is 0 Å². The van der Waals surface area contributed by atoms with Crippen molar-refractivity contribution in [3.05, 3.63) is 59.3 Å². The molecule has 0 radical (unpaired) electrons. The van der Waals surface area contributed by atoms with Gasteiger partial charge in [0.25, 0.3) is 5.91 Å². The SMILES string of the molecule is C/C(NC(=N)/C=C1/COCCN1)=C1/C(=O)Nc2cnc(-c3cnccc3C)cc21. The summed E-state index contributed by atoms with van der Waals surface area (Å²) < 4.78 is 5.37. The van der Waals surface area contributed by atoms with Gasteiger partial charge in [-0.25, -0.2) is 0 Å². The van der Waals surface area contributed by atoms with Crippen molar-refractivity contribution < 1.29 is 9.53 Å². The number of aromatic nitrogens is 2. The molecule has 2 aliphatic heterocycles. The molecule has 8 nitrogen and oxygen atoms in total. The molecule has 0 spiro atoms. The van der Waals surface area contributed by atoms with Gasteiger partial charge in [0, 0.05) is 47.5 Å². The first kappa shape index (κ1) is 18.8. The van der Waals surface area contributed by atoms with Crippen LogP contribution in [0.1, 0.15) is 18.1 Å². The summed E-state index contributed by atoms with van der Waals surface area (Å²) in [4.78, 5) is 21.2. The normalized spacial score (nSPS) is 18.7. The van der Waals surface area contributed by atoms with Crippen molar-refractivity contribution in [3.63, 3.8) is 0 Å². The Hall–Kier alpha value is -3.52. The Bertz CT molecular complexity index is 1050. The van der Waals surface area contributed by atoms with Gasteiger partial charge in [-0.1, -0.05) is 0 Å². The molecule has 0 aromatic carbocycles. The fourth-order valence-electron chi connectivity index (χ4n) is 3.41. The van der Waals surface area contributed by atoms with E-state index in [0.29, 0.717) is 30.2 Å². The maximum absolute atomic E-state index is 12.6. The first-order valence-corrected chi connectivity index (χ1v) is 9.34. The van der Waals surface area contributed by atoms with Gasteiger partial charge in [-0.15, -0.1) is 0 Å². The Morgan fingerprint density at radius 1 is 1.34 bits per heavy atom. The quantitative estimate of drug-likeness (QED) is 0.363. The highest BCUT2D eigenvalue weighted by Gasteiger charge is 2.27. The number of pyridine rings is 2. The zero-order valence-corrected chi connectivity index (χ0v) is 16.3. The van der Waals surface area contributed by atoms with Crippen LogP contribution in [0.25, 0.3) is 16.8 Å². The first-order chi connectivity index (χ1) is 14.0. The van der Waals surface area contributed by atoms with Gasteiger partial charge >= 0.3 is 0 Å². The Labute approximate surface area is 168 Å². The summed E-state index contributed by atoms with van der Waals surface area (Å²) in [6, 6.07) is 3.81. The van der Waals surface area contributed by atoms with Crippen LogP contribution in [0.15, 0.2) is 48.2 Å². The summed E-state index contributed by atoms with van der Waals surface area (Å²) in [5, 5.41) is 17.2. The molecule has 0 unspecified atom stereocenters. The Kier molecular flexibility index (Phi) is 5.09. The van der Waals surface area contributed by atoms with E-state index in [1.54, 1.807) is 31.6 Å². The highest BCUT2D eigenvalue weighted by atomic mass is 16.5. The molecule has 29 heavy (non-hydrogen) atoms. The Balaban J connectivity index is 1.65. The van der Waals surface area contributed by atoms with Crippen LogP contribution in [0.3, 0.4) is 0 Å². The second-order valence-electron chi connectivity index (χ2n) is 6.95. The van der Waals surface area contributed by atoms with Crippen LogP contribution in [-0.2, 0) is 9.53 Å². The number of fused-ring (bicyclic) bond motifs is 1. The molecule has 1 fully saturated rings. The number of nitrogens with one attached hydrogen (secondary N) is 4. The second kappa shape index (κ2) is 7.84. The van der Waals surface area contributed by atoms with E-state index in [4.69, 9.17) is 10.1 Å². The summed E-state index contributed by atoms with van der Waals surface area (Å²) in [6.45, 7) is 5.61. The maximum Gasteiger partial charge on any atom is 0.258 e. The molecule has 0 bridgehead atoms. The molecule has 2 aromatic heterocycles. The fraction of sp³-hybridized carbons (Fsp3) is 0.238. The van der Waals surface area contributed by atoms with Crippen molar-refractivity contribution >= 4 is 23.0 Å². The molecule has 1 amide bonds. The minimum absolute atomic E-state index is 0.182. The molecule has 4 rings (SSSR count). The van der Waals surface area contributed by atoms with E-state index in [1.807, 2.05) is 19.1 Å². The minimum atomic E-state index is -0.216. The van der Waals surface area contributed by atoms with Gasteiger partial charge in [-0.3, -0.25) is 20.2 Å². The molecule has 0 saturated carbocycles. The van der Waals surface area contributed by atoms with E-state index in [2.05, 4.69) is 25.9 Å². The Morgan fingerprint density at radius 3 is 2.97 bits per heavy atom. The third kappa shape index (κ3) is 3.88. The summed E-state index contributed by atoms with van der Waals surface area (Å²) in [7, 11) is 0. The number of rotatable bonds is 3. The summed E-state index contributed by atoms with van der Waals surface area (Å²) in [6.07, 6.45) is 6.84. The van der Waals surface area contributed by atoms with Crippen molar-refractivity contribution in [1.82, 2.24) is 20.6 Å². The zero-order valence-electron chi connectivity index (χ0n) is 16.3. The van der Waals surface area contributed by atoms with Gasteiger partial charge < -0.3 is 20.7 Å². The van der Waals surface area contributed by atoms with Crippen LogP contribution in [0.2, 0.25) is 0 Å². The lowest BCUT2D eigenvalue weighted by Crippen LogP contribution is -2.31. The predicted molar refractivity (Wildman–Crippen MR) is 111 cm³/mol. The highest BCUT2D eigenvalue weighted by Crippen LogP contribution is 2.35. The number of amides is 1. The number of hydrogen-bond acceptors (Lipinski definition) is 6. The Morgan fingerprint density at radius 2 is 2.21 bits per heavy atom. The van der Waals surface area contributed by atoms with Crippen molar-refractivity contribution in [2.45, 2.75) is 13.8 Å². The number of carbonyl (C=O) groups excluding carboxylic acids is 1. The lowest BCUT2D eigenvalue weighted by atomic mass is 10.0. The second-order valence-corrected chi connectivity index (χ2v) is 6.95. The van der Waals surface area contributed by atoms with Crippen molar-refractivity contribution in [1.29, 1.82) is 5.41 Å². The molecular weight excluding hydrogens is 368 g/mol. The molecule has 2 aliphatic rings. The van der Waals surface area contributed by atoms with Gasteiger partial charge in [0.2, 0.25) is 0 Å². The van der Waals surface area contributed by atoms with Crippen molar-refractivity contribution in [2.24, 2.45) is 0 Å². The molecule has 8 heteroatoms. The van der Waals surface area contributed by atoms with Crippen molar-refractivity contribution in [2.75, 3.05) is 25.1 Å². The van der Waals surface area contributed by atoms with Crippen LogP contribution in [0.4, 0.5) is 5.69 Å². The van der Waals surface area contributed by atoms with Gasteiger partial charge in [-0.05, 0) is 31.5 Å². The number of ether oxygens (including phenoxy) is 1. The average molecular weight is 390 g/mol. The summed E-state index contributed by atoms with van der Waals surface area (Å²) >= 11 is 0. The summed E-state index contributed by atoms with van der Waals surface area (Å²) in [5.41, 5.74) is 6.07. The number of aryl methyl sites for hydroxylation is 1. The molecular formula is C21H22N6O2. The minimum Gasteiger partial charge on any atom is -0.384 e. The number of carbonyl (C=O) groups is 1. The van der Waals surface area contributed by atoms with E-state index in [9.17, 15) is 4.79 Å². The van der Waals surface area contributed by atoms with Crippen LogP contribution in [0.5, 0.6) is 0 Å². The van der Waals surface area contributed by atoms with E-state index in [-0.39, 0.29) is 11.7 Å². The van der Waals surface area contributed by atoms with E-state index >= 15 is 0 Å². The molecule has 1 saturated heterocycles. The first-order valence-electron chi connectivity index (χ1n) is 9.34. The number of amidine groups is 1. The number of hydrogen-bond donors (Lipinski definition) is 4. The standard InChI is InChI=1S/C21H22N6O2/c1-12-3-4-23-9-16(12)17-8-15-18(10-25-17)27-21(28)20(15)13(2)26-19(22)7-14-11-29-6-5-24-14/h3-4,7-10,24H,5-6,11H2,1-2H3,(H2,22,26)(H,27,28)/b14-7-,20-13-. The number of allylic oxidation sites excluding steroid dienone is 1. The molecule has 2 aromatic rings. The van der Waals surface area contributed by atoms with Crippen LogP contribution in [0, 0.1) is 12.3 Å². The number of nitrogens with zero attached hydrogens (tertiary/aromatic N) is 2. The third-order valence-corrected chi connectivity index (χ3v) is 4.84. The average Bonchev–Trinajstić information content (AvgIpc) is 3.04. The highest BCUT2D eigenvalue weighted by molar-refractivity contribution is 6.32. The molecule has 0 aliphatic carbocycles. The third-order valence-electron chi connectivity index (χ3n) is 4.84. The monoisotopic (exact) mass is 390 g/mol. The molecule has 4 N–H and O–H groups in total.